The Balaban J connectivity index is 1.59. The molecule has 0 spiro atoms. The van der Waals surface area contributed by atoms with Crippen LogP contribution in [-0.4, -0.2) is 50.1 Å². The number of benzene rings is 2. The summed E-state index contributed by atoms with van der Waals surface area (Å²) in [5.41, 5.74) is 9.79. The highest BCUT2D eigenvalue weighted by Crippen LogP contribution is 2.32. The quantitative estimate of drug-likeness (QED) is 0.455. The lowest BCUT2D eigenvalue weighted by atomic mass is 9.92. The lowest BCUT2D eigenvalue weighted by Gasteiger charge is -2.32. The molecule has 5 rings (SSSR count). The Labute approximate surface area is 197 Å². The maximum Gasteiger partial charge on any atom is 0.267 e. The number of hydrogen-bond donors (Lipinski definition) is 2. The van der Waals surface area contributed by atoms with E-state index in [1.54, 1.807) is 7.05 Å². The van der Waals surface area contributed by atoms with E-state index in [0.29, 0.717) is 47.5 Å². The summed E-state index contributed by atoms with van der Waals surface area (Å²) in [5.74, 6) is 5.74. The molecule has 1 amide bonds. The van der Waals surface area contributed by atoms with Crippen molar-refractivity contribution in [1.82, 2.24) is 19.9 Å². The molecule has 1 fully saturated rings. The maximum absolute atomic E-state index is 12.4. The number of nitrogens with two attached hydrogens (primary N) is 1. The number of nitrogen functional groups attached to an aromatic ring is 1. The average molecular weight is 450 g/mol. The number of aromatic nitrogens is 3. The second-order valence-corrected chi connectivity index (χ2v) is 8.40. The molecule has 168 valence electrons. The van der Waals surface area contributed by atoms with E-state index in [9.17, 15) is 9.90 Å². The standard InChI is InChI=1S/C27H23N5O2/c1-32-14-6-12-27(34,26(32)33)13-11-18-7-5-10-20(15-18)22-16-21(19-8-3-2-4-9-19)23-24(31-22)25(28)30-17-29-23/h2-5,7-10,15-17,34H,6,12,14H2,1H3,(H2,28,29,30)/t27-/m1/s1. The molecule has 0 unspecified atom stereocenters. The molecule has 7 nitrogen and oxygen atoms in total. The number of piperidine rings is 1. The smallest absolute Gasteiger partial charge is 0.267 e. The number of carbonyl (C=O) groups excluding carboxylic acids is 1. The van der Waals surface area contributed by atoms with Gasteiger partial charge in [0.2, 0.25) is 5.60 Å². The van der Waals surface area contributed by atoms with Gasteiger partial charge in [-0.25, -0.2) is 15.0 Å². The molecule has 0 aliphatic carbocycles. The fourth-order valence-electron chi connectivity index (χ4n) is 4.19. The summed E-state index contributed by atoms with van der Waals surface area (Å²) >= 11 is 0. The van der Waals surface area contributed by atoms with Crippen LogP contribution in [-0.2, 0) is 4.79 Å². The molecule has 0 bridgehead atoms. The summed E-state index contributed by atoms with van der Waals surface area (Å²) in [4.78, 5) is 27.2. The van der Waals surface area contributed by atoms with Crippen molar-refractivity contribution in [2.45, 2.75) is 18.4 Å². The Morgan fingerprint density at radius 2 is 1.82 bits per heavy atom. The molecule has 1 aliphatic heterocycles. The van der Waals surface area contributed by atoms with E-state index < -0.39 is 5.60 Å². The Bertz CT molecular complexity index is 1460. The van der Waals surface area contributed by atoms with Crippen molar-refractivity contribution in [2.75, 3.05) is 19.3 Å². The highest BCUT2D eigenvalue weighted by atomic mass is 16.3. The van der Waals surface area contributed by atoms with Crippen LogP contribution in [0.4, 0.5) is 5.82 Å². The van der Waals surface area contributed by atoms with E-state index in [1.807, 2.05) is 60.7 Å². The number of hydrogen-bond acceptors (Lipinski definition) is 6. The van der Waals surface area contributed by atoms with E-state index in [-0.39, 0.29) is 5.91 Å². The zero-order valence-corrected chi connectivity index (χ0v) is 18.7. The normalized spacial score (nSPS) is 17.9. The molecule has 7 heteroatoms. The van der Waals surface area contributed by atoms with Crippen molar-refractivity contribution in [3.63, 3.8) is 0 Å². The predicted molar refractivity (Wildman–Crippen MR) is 131 cm³/mol. The van der Waals surface area contributed by atoms with Gasteiger partial charge < -0.3 is 15.7 Å². The summed E-state index contributed by atoms with van der Waals surface area (Å²) in [5, 5.41) is 10.8. The largest absolute Gasteiger partial charge is 0.382 e. The number of carbonyl (C=O) groups is 1. The van der Waals surface area contributed by atoms with Gasteiger partial charge in [0, 0.05) is 30.3 Å². The third-order valence-electron chi connectivity index (χ3n) is 6.01. The van der Waals surface area contributed by atoms with Crippen LogP contribution in [0.15, 0.2) is 67.0 Å². The van der Waals surface area contributed by atoms with Gasteiger partial charge in [-0.1, -0.05) is 54.3 Å². The van der Waals surface area contributed by atoms with Crippen LogP contribution < -0.4 is 5.73 Å². The molecule has 4 aromatic rings. The summed E-state index contributed by atoms with van der Waals surface area (Å²) in [6.07, 6.45) is 2.48. The fourth-order valence-corrected chi connectivity index (χ4v) is 4.19. The van der Waals surface area contributed by atoms with Gasteiger partial charge in [-0.05, 0) is 36.6 Å². The predicted octanol–water partition coefficient (Wildman–Crippen LogP) is 3.28. The number of fused-ring (bicyclic) bond motifs is 1. The maximum atomic E-state index is 12.4. The minimum Gasteiger partial charge on any atom is -0.382 e. The van der Waals surface area contributed by atoms with Crippen molar-refractivity contribution < 1.29 is 9.90 Å². The summed E-state index contributed by atoms with van der Waals surface area (Å²) in [7, 11) is 1.68. The first kappa shape index (κ1) is 21.6. The van der Waals surface area contributed by atoms with Gasteiger partial charge in [-0.2, -0.15) is 0 Å². The molecule has 2 aromatic carbocycles. The minimum absolute atomic E-state index is 0.308. The minimum atomic E-state index is -1.66. The summed E-state index contributed by atoms with van der Waals surface area (Å²) < 4.78 is 0. The number of nitrogens with zero attached hydrogens (tertiary/aromatic N) is 4. The van der Waals surface area contributed by atoms with Crippen LogP contribution in [0.3, 0.4) is 0 Å². The SMILES string of the molecule is CN1CCC[C@@](O)(C#Cc2cccc(-c3cc(-c4ccccc4)c4ncnc(N)c4n3)c2)C1=O. The lowest BCUT2D eigenvalue weighted by molar-refractivity contribution is -0.148. The Hall–Kier alpha value is -4.28. The van der Waals surface area contributed by atoms with Crippen molar-refractivity contribution in [3.05, 3.63) is 72.6 Å². The van der Waals surface area contributed by atoms with Crippen LogP contribution in [0.5, 0.6) is 0 Å². The Morgan fingerprint density at radius 1 is 1.03 bits per heavy atom. The van der Waals surface area contributed by atoms with Gasteiger partial charge in [0.25, 0.3) is 5.91 Å². The Kier molecular flexibility index (Phi) is 5.44. The van der Waals surface area contributed by atoms with Crippen molar-refractivity contribution in [2.24, 2.45) is 0 Å². The summed E-state index contributed by atoms with van der Waals surface area (Å²) in [6.45, 7) is 0.628. The highest BCUT2D eigenvalue weighted by Gasteiger charge is 2.39. The second kappa shape index (κ2) is 8.58. The third kappa shape index (κ3) is 3.96. The van der Waals surface area contributed by atoms with Crippen LogP contribution in [0.2, 0.25) is 0 Å². The van der Waals surface area contributed by atoms with Gasteiger partial charge in [-0.15, -0.1) is 0 Å². The lowest BCUT2D eigenvalue weighted by Crippen LogP contribution is -2.51. The van der Waals surface area contributed by atoms with Crippen LogP contribution in [0.25, 0.3) is 33.4 Å². The van der Waals surface area contributed by atoms with E-state index in [1.165, 1.54) is 11.2 Å². The first-order chi connectivity index (χ1) is 16.4. The molecule has 1 saturated heterocycles. The first-order valence-corrected chi connectivity index (χ1v) is 11.0. The fraction of sp³-hybridized carbons (Fsp3) is 0.185. The average Bonchev–Trinajstić information content (AvgIpc) is 2.87. The number of anilines is 1. The molecule has 1 aliphatic rings. The number of aliphatic hydroxyl groups is 1. The molecule has 2 aromatic heterocycles. The number of amides is 1. The number of pyridine rings is 1. The highest BCUT2D eigenvalue weighted by molar-refractivity contribution is 5.98. The Morgan fingerprint density at radius 3 is 2.65 bits per heavy atom. The molecule has 0 saturated carbocycles. The van der Waals surface area contributed by atoms with Gasteiger partial charge in [0.05, 0.1) is 5.69 Å². The van der Waals surface area contributed by atoms with Gasteiger partial charge in [-0.3, -0.25) is 4.79 Å². The van der Waals surface area contributed by atoms with E-state index >= 15 is 0 Å². The van der Waals surface area contributed by atoms with Crippen molar-refractivity contribution in [1.29, 1.82) is 0 Å². The molecule has 34 heavy (non-hydrogen) atoms. The number of likely N-dealkylation sites (N-methyl/N-ethyl adjacent to an activating group) is 1. The van der Waals surface area contributed by atoms with Crippen molar-refractivity contribution >= 4 is 22.8 Å². The van der Waals surface area contributed by atoms with Gasteiger partial charge in [0.1, 0.15) is 17.4 Å². The molecular weight excluding hydrogens is 426 g/mol. The zero-order valence-electron chi connectivity index (χ0n) is 18.7. The van der Waals surface area contributed by atoms with Crippen LogP contribution in [0, 0.1) is 11.8 Å². The second-order valence-electron chi connectivity index (χ2n) is 8.40. The zero-order chi connectivity index (χ0) is 23.7. The van der Waals surface area contributed by atoms with Crippen LogP contribution in [0.1, 0.15) is 18.4 Å². The molecule has 3 heterocycles. The summed E-state index contributed by atoms with van der Waals surface area (Å²) in [6, 6.07) is 19.4. The first-order valence-electron chi connectivity index (χ1n) is 11.0. The molecular formula is C27H23N5O2. The number of rotatable bonds is 2. The van der Waals surface area contributed by atoms with Gasteiger partial charge in [0.15, 0.2) is 5.82 Å². The van der Waals surface area contributed by atoms with Crippen LogP contribution >= 0.6 is 0 Å². The molecule has 1 atom stereocenters. The monoisotopic (exact) mass is 449 g/mol. The van der Waals surface area contributed by atoms with Gasteiger partial charge >= 0.3 is 0 Å². The topological polar surface area (TPSA) is 105 Å². The van der Waals surface area contributed by atoms with Crippen molar-refractivity contribution in [3.8, 4) is 34.2 Å². The molecule has 3 N–H and O–H groups in total. The van der Waals surface area contributed by atoms with E-state index in [4.69, 9.17) is 10.7 Å². The number of likely N-dealkylation sites (tertiary alicyclic amines) is 1. The van der Waals surface area contributed by atoms with E-state index in [0.717, 1.165) is 16.7 Å². The van der Waals surface area contributed by atoms with E-state index in [2.05, 4.69) is 21.8 Å². The third-order valence-corrected chi connectivity index (χ3v) is 6.01. The molecule has 0 radical (unpaired) electrons.